The summed E-state index contributed by atoms with van der Waals surface area (Å²) in [5, 5.41) is 18.0. The number of rotatable bonds is 0. The topological polar surface area (TPSA) is 70.0 Å². The molecule has 0 bridgehead atoms. The molecule has 1 saturated carbocycles. The van der Waals surface area contributed by atoms with Crippen LogP contribution in [0.15, 0.2) is 0 Å². The van der Waals surface area contributed by atoms with Crippen molar-refractivity contribution in [2.45, 2.75) is 30.6 Å². The Morgan fingerprint density at radius 1 is 1.55 bits per heavy atom. The zero-order chi connectivity index (χ0) is 8.43. The van der Waals surface area contributed by atoms with Crippen LogP contribution < -0.4 is 5.73 Å². The third kappa shape index (κ3) is 1.90. The summed E-state index contributed by atoms with van der Waals surface area (Å²) in [5.41, 5.74) is 5.84. The van der Waals surface area contributed by atoms with Gasteiger partial charge >= 0.3 is 0 Å². The minimum atomic E-state index is -0.504. The molecule has 0 aromatic heterocycles. The first kappa shape index (κ1) is 8.93. The number of aliphatic hydroxyl groups is 1. The highest BCUT2D eigenvalue weighted by atomic mass is 31.0. The number of nitrogens with zero attached hydrogens (tertiary/aromatic N) is 1. The zero-order valence-electron chi connectivity index (χ0n) is 6.27. The molecule has 3 nitrogen and oxygen atoms in total. The molecule has 0 saturated heterocycles. The molecule has 62 valence electrons. The van der Waals surface area contributed by atoms with E-state index in [2.05, 4.69) is 15.3 Å². The number of nitriles is 1. The van der Waals surface area contributed by atoms with Gasteiger partial charge in [0, 0.05) is 12.0 Å². The average Bonchev–Trinajstić information content (AvgIpc) is 1.99. The van der Waals surface area contributed by atoms with Gasteiger partial charge in [-0.25, -0.2) is 0 Å². The summed E-state index contributed by atoms with van der Waals surface area (Å²) in [7, 11) is 2.59. The van der Waals surface area contributed by atoms with Crippen LogP contribution in [-0.4, -0.2) is 22.9 Å². The molecule has 1 fully saturated rings. The molecule has 4 heteroatoms. The van der Waals surface area contributed by atoms with Gasteiger partial charge in [0.25, 0.3) is 0 Å². The Hall–Kier alpha value is -0.160. The maximum Gasteiger partial charge on any atom is 0.0709 e. The molecule has 0 aromatic rings. The maximum atomic E-state index is 9.36. The number of hydrogen-bond donors (Lipinski definition) is 2. The van der Waals surface area contributed by atoms with E-state index in [9.17, 15) is 5.11 Å². The molecule has 5 unspecified atom stereocenters. The molecule has 1 aliphatic rings. The van der Waals surface area contributed by atoms with Crippen LogP contribution in [0.3, 0.4) is 0 Å². The van der Waals surface area contributed by atoms with Gasteiger partial charge in [0.1, 0.15) is 0 Å². The van der Waals surface area contributed by atoms with Crippen LogP contribution in [0.2, 0.25) is 0 Å². The summed E-state index contributed by atoms with van der Waals surface area (Å²) >= 11 is 0. The van der Waals surface area contributed by atoms with Crippen LogP contribution in [0.4, 0.5) is 0 Å². The van der Waals surface area contributed by atoms with Gasteiger partial charge in [0.2, 0.25) is 0 Å². The van der Waals surface area contributed by atoms with E-state index in [-0.39, 0.29) is 17.6 Å². The normalized spacial score (nSPS) is 44.9. The fraction of sp³-hybridized carbons (Fsp3) is 0.857. The Morgan fingerprint density at radius 3 is 2.64 bits per heavy atom. The van der Waals surface area contributed by atoms with Gasteiger partial charge in [-0.3, -0.25) is 0 Å². The van der Waals surface area contributed by atoms with Crippen LogP contribution in [0.25, 0.3) is 0 Å². The van der Waals surface area contributed by atoms with Gasteiger partial charge in [-0.1, -0.05) is 0 Å². The van der Waals surface area contributed by atoms with Gasteiger partial charge < -0.3 is 10.8 Å². The fourth-order valence-electron chi connectivity index (χ4n) is 1.42. The lowest BCUT2D eigenvalue weighted by molar-refractivity contribution is 0.0969. The second kappa shape index (κ2) is 3.49. The van der Waals surface area contributed by atoms with Gasteiger partial charge in [0.05, 0.1) is 12.2 Å². The van der Waals surface area contributed by atoms with Crippen LogP contribution in [0, 0.1) is 17.2 Å². The van der Waals surface area contributed by atoms with Crippen molar-refractivity contribution in [2.24, 2.45) is 11.7 Å². The zero-order valence-corrected chi connectivity index (χ0v) is 7.43. The Labute approximate surface area is 68.8 Å². The quantitative estimate of drug-likeness (QED) is 0.499. The summed E-state index contributed by atoms with van der Waals surface area (Å²) < 4.78 is 0. The summed E-state index contributed by atoms with van der Waals surface area (Å²) in [6, 6.07) is 1.98. The second-order valence-electron chi connectivity index (χ2n) is 3.11. The largest absolute Gasteiger partial charge is 0.391 e. The van der Waals surface area contributed by atoms with E-state index in [0.717, 1.165) is 6.42 Å². The lowest BCUT2D eigenvalue weighted by Gasteiger charge is -2.32. The highest BCUT2D eigenvalue weighted by Gasteiger charge is 2.31. The molecule has 3 N–H and O–H groups in total. The third-order valence-corrected chi connectivity index (χ3v) is 2.92. The molecule has 0 aromatic carbocycles. The summed E-state index contributed by atoms with van der Waals surface area (Å²) in [6.45, 7) is 0. The van der Waals surface area contributed by atoms with E-state index in [1.807, 2.05) is 0 Å². The minimum Gasteiger partial charge on any atom is -0.391 e. The van der Waals surface area contributed by atoms with Crippen LogP contribution in [0.1, 0.15) is 12.8 Å². The van der Waals surface area contributed by atoms with Crippen LogP contribution in [0.5, 0.6) is 0 Å². The Bertz CT molecular complexity index is 168. The molecular weight excluding hydrogens is 159 g/mol. The summed E-state index contributed by atoms with van der Waals surface area (Å²) in [5.74, 6) is -0.0210. The Kier molecular flexibility index (Phi) is 2.84. The molecule has 1 rings (SSSR count). The molecule has 0 spiro atoms. The van der Waals surface area contributed by atoms with E-state index in [1.54, 1.807) is 0 Å². The Balaban J connectivity index is 2.56. The first-order valence-electron chi connectivity index (χ1n) is 3.74. The van der Waals surface area contributed by atoms with Crippen molar-refractivity contribution >= 4 is 9.24 Å². The van der Waals surface area contributed by atoms with E-state index in [4.69, 9.17) is 11.0 Å². The smallest absolute Gasteiger partial charge is 0.0709 e. The van der Waals surface area contributed by atoms with Crippen molar-refractivity contribution in [1.82, 2.24) is 0 Å². The molecule has 0 amide bonds. The molecular formula is C7H13N2OP. The number of aliphatic hydroxyl groups excluding tert-OH is 1. The van der Waals surface area contributed by atoms with Gasteiger partial charge in [-0.15, -0.1) is 9.24 Å². The third-order valence-electron chi connectivity index (χ3n) is 2.20. The van der Waals surface area contributed by atoms with Gasteiger partial charge in [-0.2, -0.15) is 5.26 Å². The van der Waals surface area contributed by atoms with Crippen molar-refractivity contribution in [3.63, 3.8) is 0 Å². The second-order valence-corrected chi connectivity index (χ2v) is 3.96. The average molecular weight is 172 g/mol. The summed E-state index contributed by atoms with van der Waals surface area (Å²) in [4.78, 5) is 0. The van der Waals surface area contributed by atoms with E-state index < -0.39 is 6.10 Å². The Morgan fingerprint density at radius 2 is 2.18 bits per heavy atom. The molecule has 5 atom stereocenters. The first-order chi connectivity index (χ1) is 5.15. The number of nitrogens with two attached hydrogens (primary N) is 1. The maximum absolute atomic E-state index is 9.36. The highest BCUT2D eigenvalue weighted by Crippen LogP contribution is 2.28. The first-order valence-corrected chi connectivity index (χ1v) is 4.40. The van der Waals surface area contributed by atoms with Gasteiger partial charge in [-0.05, 0) is 18.5 Å². The SMILES string of the molecule is N#CC1CC(O)C(N)C(P)C1. The lowest BCUT2D eigenvalue weighted by Crippen LogP contribution is -2.47. The molecule has 0 aliphatic heterocycles. The monoisotopic (exact) mass is 172 g/mol. The predicted octanol–water partition coefficient (Wildman–Crippen LogP) is -0.148. The van der Waals surface area contributed by atoms with Crippen molar-refractivity contribution in [3.8, 4) is 6.07 Å². The van der Waals surface area contributed by atoms with Crippen molar-refractivity contribution in [2.75, 3.05) is 0 Å². The van der Waals surface area contributed by atoms with Crippen molar-refractivity contribution in [3.05, 3.63) is 0 Å². The van der Waals surface area contributed by atoms with E-state index >= 15 is 0 Å². The highest BCUT2D eigenvalue weighted by molar-refractivity contribution is 7.17. The molecule has 0 heterocycles. The van der Waals surface area contributed by atoms with Gasteiger partial charge in [0.15, 0.2) is 0 Å². The summed E-state index contributed by atoms with van der Waals surface area (Å²) in [6.07, 6.45) is 0.818. The van der Waals surface area contributed by atoms with Crippen LogP contribution >= 0.6 is 9.24 Å². The van der Waals surface area contributed by atoms with Crippen LogP contribution in [-0.2, 0) is 0 Å². The fourth-order valence-corrected chi connectivity index (χ4v) is 2.01. The standard InChI is InChI=1S/C7H13N2OP/c8-3-4-1-5(10)7(9)6(11)2-4/h4-7,10H,1-2,9,11H2. The molecule has 0 radical (unpaired) electrons. The van der Waals surface area contributed by atoms with Crippen molar-refractivity contribution < 1.29 is 5.11 Å². The molecule has 1 aliphatic carbocycles. The van der Waals surface area contributed by atoms with E-state index in [1.165, 1.54) is 0 Å². The predicted molar refractivity (Wildman–Crippen MR) is 45.8 cm³/mol. The van der Waals surface area contributed by atoms with E-state index in [0.29, 0.717) is 6.42 Å². The lowest BCUT2D eigenvalue weighted by atomic mass is 9.85. The van der Waals surface area contributed by atoms with Crippen molar-refractivity contribution in [1.29, 1.82) is 5.26 Å². The number of hydrogen-bond acceptors (Lipinski definition) is 3. The molecule has 11 heavy (non-hydrogen) atoms. The minimum absolute atomic E-state index is 0.0210.